The van der Waals surface area contributed by atoms with Crippen molar-refractivity contribution in [3.05, 3.63) is 0 Å². The number of carbonyl (C=O) groups excluding carboxylic acids is 3. The number of methoxy groups -OCH3 is 1. The van der Waals surface area contributed by atoms with Gasteiger partial charge in [0.1, 0.15) is 11.6 Å². The zero-order valence-corrected chi connectivity index (χ0v) is 15.8. The Kier molecular flexibility index (Phi) is 10.1. The number of carbonyl (C=O) groups is 3. The van der Waals surface area contributed by atoms with E-state index < -0.39 is 23.7 Å². The molecule has 0 bridgehead atoms. The number of hydrogen-bond donors (Lipinski definition) is 1. The smallest absolute Gasteiger partial charge is 0.408 e. The van der Waals surface area contributed by atoms with Crippen LogP contribution in [-0.2, 0) is 19.1 Å². The predicted molar refractivity (Wildman–Crippen MR) is 91.6 cm³/mol. The Morgan fingerprint density at radius 2 is 1.79 bits per heavy atom. The van der Waals surface area contributed by atoms with Crippen molar-refractivity contribution < 1.29 is 23.9 Å². The molecule has 0 aliphatic carbocycles. The molecule has 0 aromatic carbocycles. The topological polar surface area (TPSA) is 84.9 Å². The van der Waals surface area contributed by atoms with Gasteiger partial charge in [-0.3, -0.25) is 4.79 Å². The van der Waals surface area contributed by atoms with E-state index in [0.29, 0.717) is 6.54 Å². The largest absolute Gasteiger partial charge is 0.467 e. The van der Waals surface area contributed by atoms with Gasteiger partial charge in [0.05, 0.1) is 7.11 Å². The van der Waals surface area contributed by atoms with Gasteiger partial charge in [0.2, 0.25) is 5.91 Å². The van der Waals surface area contributed by atoms with Crippen molar-refractivity contribution in [2.45, 2.75) is 71.4 Å². The molecular formula is C17H32N2O5. The van der Waals surface area contributed by atoms with Crippen LogP contribution in [0.1, 0.15) is 59.8 Å². The Hall–Kier alpha value is -1.79. The minimum Gasteiger partial charge on any atom is -0.467 e. The molecule has 24 heavy (non-hydrogen) atoms. The first kappa shape index (κ1) is 22.2. The summed E-state index contributed by atoms with van der Waals surface area (Å²) in [5.41, 5.74) is -0.667. The van der Waals surface area contributed by atoms with E-state index in [2.05, 4.69) is 17.0 Å². The second-order valence-electron chi connectivity index (χ2n) is 6.78. The van der Waals surface area contributed by atoms with Gasteiger partial charge in [0.15, 0.2) is 0 Å². The number of unbranched alkanes of at least 4 members (excludes halogenated alkanes) is 2. The van der Waals surface area contributed by atoms with E-state index in [4.69, 9.17) is 4.74 Å². The third-order valence-electron chi connectivity index (χ3n) is 3.35. The van der Waals surface area contributed by atoms with Gasteiger partial charge in [0.25, 0.3) is 0 Å². The summed E-state index contributed by atoms with van der Waals surface area (Å²) < 4.78 is 9.81. The molecule has 1 N–H and O–H groups in total. The Labute approximate surface area is 145 Å². The lowest BCUT2D eigenvalue weighted by Crippen LogP contribution is -2.44. The Bertz CT molecular complexity index is 418. The second kappa shape index (κ2) is 10.9. The first-order valence-electron chi connectivity index (χ1n) is 8.42. The van der Waals surface area contributed by atoms with Gasteiger partial charge in [-0.05, 0) is 33.6 Å². The monoisotopic (exact) mass is 344 g/mol. The maximum atomic E-state index is 12.1. The molecule has 0 saturated carbocycles. The molecule has 0 unspecified atom stereocenters. The summed E-state index contributed by atoms with van der Waals surface area (Å²) in [5, 5.41) is 2.46. The van der Waals surface area contributed by atoms with Gasteiger partial charge in [-0.15, -0.1) is 0 Å². The highest BCUT2D eigenvalue weighted by molar-refractivity contribution is 5.82. The average Bonchev–Trinajstić information content (AvgIpc) is 2.48. The normalized spacial score (nSPS) is 12.2. The van der Waals surface area contributed by atoms with Gasteiger partial charge >= 0.3 is 12.1 Å². The molecule has 7 nitrogen and oxygen atoms in total. The molecule has 140 valence electrons. The van der Waals surface area contributed by atoms with Crippen LogP contribution in [0.2, 0.25) is 0 Å². The quantitative estimate of drug-likeness (QED) is 0.513. The minimum atomic E-state index is -0.905. The lowest BCUT2D eigenvalue weighted by molar-refractivity contribution is -0.143. The van der Waals surface area contributed by atoms with Crippen molar-refractivity contribution >= 4 is 18.0 Å². The SMILES string of the molecule is CCCCCN(C)C(=O)CC[C@H](NC(=O)OC(C)(C)C)C(=O)OC. The number of esters is 1. The van der Waals surface area contributed by atoms with Crippen LogP contribution in [0.5, 0.6) is 0 Å². The fourth-order valence-electron chi connectivity index (χ4n) is 2.02. The van der Waals surface area contributed by atoms with Gasteiger partial charge < -0.3 is 19.7 Å². The summed E-state index contributed by atoms with van der Waals surface area (Å²) in [6.45, 7) is 7.98. The van der Waals surface area contributed by atoms with Crippen molar-refractivity contribution in [3.8, 4) is 0 Å². The number of nitrogens with zero attached hydrogens (tertiary/aromatic N) is 1. The van der Waals surface area contributed by atoms with Gasteiger partial charge in [-0.2, -0.15) is 0 Å². The Balaban J connectivity index is 4.50. The molecule has 0 aliphatic rings. The van der Waals surface area contributed by atoms with Crippen molar-refractivity contribution in [3.63, 3.8) is 0 Å². The first-order chi connectivity index (χ1) is 11.1. The fraction of sp³-hybridized carbons (Fsp3) is 0.824. The van der Waals surface area contributed by atoms with Gasteiger partial charge in [-0.25, -0.2) is 9.59 Å². The fourth-order valence-corrected chi connectivity index (χ4v) is 2.02. The van der Waals surface area contributed by atoms with E-state index in [1.165, 1.54) is 7.11 Å². The van der Waals surface area contributed by atoms with Gasteiger partial charge in [0, 0.05) is 20.0 Å². The number of nitrogens with one attached hydrogen (secondary N) is 1. The summed E-state index contributed by atoms with van der Waals surface area (Å²) in [4.78, 5) is 37.3. The zero-order chi connectivity index (χ0) is 18.8. The summed E-state index contributed by atoms with van der Waals surface area (Å²) in [6, 6.07) is -0.905. The van der Waals surface area contributed by atoms with Crippen molar-refractivity contribution in [2.24, 2.45) is 0 Å². The lowest BCUT2D eigenvalue weighted by Gasteiger charge is -2.23. The molecule has 2 amide bonds. The number of hydrogen-bond acceptors (Lipinski definition) is 5. The molecule has 0 rings (SSSR count). The maximum Gasteiger partial charge on any atom is 0.408 e. The van der Waals surface area contributed by atoms with Crippen LogP contribution in [0.3, 0.4) is 0 Å². The second-order valence-corrected chi connectivity index (χ2v) is 6.78. The molecule has 0 radical (unpaired) electrons. The summed E-state index contributed by atoms with van der Waals surface area (Å²) in [5.74, 6) is -0.659. The van der Waals surface area contributed by atoms with E-state index in [9.17, 15) is 14.4 Å². The third kappa shape index (κ3) is 10.1. The Morgan fingerprint density at radius 1 is 1.17 bits per heavy atom. The maximum absolute atomic E-state index is 12.1. The van der Waals surface area contributed by atoms with Crippen LogP contribution in [-0.4, -0.2) is 55.2 Å². The van der Waals surface area contributed by atoms with E-state index in [1.807, 2.05) is 0 Å². The van der Waals surface area contributed by atoms with Crippen LogP contribution < -0.4 is 5.32 Å². The Morgan fingerprint density at radius 3 is 2.29 bits per heavy atom. The summed E-state index contributed by atoms with van der Waals surface area (Å²) in [6.07, 6.45) is 2.73. The average molecular weight is 344 g/mol. The molecule has 0 aliphatic heterocycles. The van der Waals surface area contributed by atoms with Crippen LogP contribution in [0.4, 0.5) is 4.79 Å². The zero-order valence-electron chi connectivity index (χ0n) is 15.8. The number of ether oxygens (including phenoxy) is 2. The standard InChI is InChI=1S/C17H32N2O5/c1-7-8-9-12-19(5)14(20)11-10-13(15(21)23-6)18-16(22)24-17(2,3)4/h13H,7-12H2,1-6H3,(H,18,22)/t13-/m0/s1. The minimum absolute atomic E-state index is 0.0639. The van der Waals surface area contributed by atoms with Gasteiger partial charge in [-0.1, -0.05) is 19.8 Å². The molecule has 0 spiro atoms. The van der Waals surface area contributed by atoms with Crippen LogP contribution >= 0.6 is 0 Å². The van der Waals surface area contributed by atoms with E-state index in [1.54, 1.807) is 32.7 Å². The van der Waals surface area contributed by atoms with Crippen LogP contribution in [0, 0.1) is 0 Å². The van der Waals surface area contributed by atoms with Crippen LogP contribution in [0.15, 0.2) is 0 Å². The molecule has 1 atom stereocenters. The number of alkyl carbamates (subject to hydrolysis) is 1. The molecule has 0 saturated heterocycles. The van der Waals surface area contributed by atoms with E-state index in [-0.39, 0.29) is 18.7 Å². The number of amides is 2. The molecular weight excluding hydrogens is 312 g/mol. The summed E-state index contributed by atoms with van der Waals surface area (Å²) >= 11 is 0. The van der Waals surface area contributed by atoms with Crippen molar-refractivity contribution in [1.29, 1.82) is 0 Å². The highest BCUT2D eigenvalue weighted by Gasteiger charge is 2.26. The summed E-state index contributed by atoms with van der Waals surface area (Å²) in [7, 11) is 2.98. The first-order valence-corrected chi connectivity index (χ1v) is 8.42. The molecule has 0 heterocycles. The highest BCUT2D eigenvalue weighted by Crippen LogP contribution is 2.09. The van der Waals surface area contributed by atoms with E-state index in [0.717, 1.165) is 19.3 Å². The van der Waals surface area contributed by atoms with Crippen molar-refractivity contribution in [1.82, 2.24) is 10.2 Å². The lowest BCUT2D eigenvalue weighted by atomic mass is 10.1. The highest BCUT2D eigenvalue weighted by atomic mass is 16.6. The predicted octanol–water partition coefficient (Wildman–Crippen LogP) is 2.48. The molecule has 0 aromatic rings. The number of rotatable bonds is 9. The van der Waals surface area contributed by atoms with Crippen LogP contribution in [0.25, 0.3) is 0 Å². The molecule has 0 fully saturated rings. The molecule has 0 aromatic heterocycles. The third-order valence-corrected chi connectivity index (χ3v) is 3.35. The van der Waals surface area contributed by atoms with E-state index >= 15 is 0 Å². The molecule has 7 heteroatoms. The van der Waals surface area contributed by atoms with Crippen molar-refractivity contribution in [2.75, 3.05) is 20.7 Å².